The molecular formula is C15H19N3O3. The molecule has 1 aromatic carbocycles. The zero-order valence-corrected chi connectivity index (χ0v) is 11.8. The number of rotatable bonds is 4. The highest BCUT2D eigenvalue weighted by molar-refractivity contribution is 5.77. The van der Waals surface area contributed by atoms with E-state index < -0.39 is 0 Å². The summed E-state index contributed by atoms with van der Waals surface area (Å²) >= 11 is 0. The van der Waals surface area contributed by atoms with Crippen LogP contribution in [0.5, 0.6) is 0 Å². The molecule has 3 N–H and O–H groups in total. The second kappa shape index (κ2) is 6.13. The van der Waals surface area contributed by atoms with E-state index in [1.54, 1.807) is 0 Å². The monoisotopic (exact) mass is 289 g/mol. The van der Waals surface area contributed by atoms with Crippen molar-refractivity contribution in [2.75, 3.05) is 6.61 Å². The molecule has 0 radical (unpaired) electrons. The first kappa shape index (κ1) is 13.9. The molecule has 1 amide bonds. The Morgan fingerprint density at radius 2 is 2.14 bits per heavy atom. The van der Waals surface area contributed by atoms with Crippen molar-refractivity contribution in [3.05, 3.63) is 34.2 Å². The summed E-state index contributed by atoms with van der Waals surface area (Å²) in [6.07, 6.45) is 3.66. The number of aromatic amines is 2. The number of carbonyl (C=O) groups excluding carboxylic acids is 1. The lowest BCUT2D eigenvalue weighted by atomic mass is 10.1. The van der Waals surface area contributed by atoms with Gasteiger partial charge < -0.3 is 20.0 Å². The number of hydrogen-bond acceptors (Lipinski definition) is 3. The lowest BCUT2D eigenvalue weighted by Crippen LogP contribution is -2.30. The maximum Gasteiger partial charge on any atom is 0.323 e. The molecule has 1 aromatic heterocycles. The minimum absolute atomic E-state index is 0.00422. The Balaban J connectivity index is 1.55. The Hall–Kier alpha value is -2.08. The van der Waals surface area contributed by atoms with E-state index >= 15 is 0 Å². The molecule has 21 heavy (non-hydrogen) atoms. The molecule has 1 aliphatic rings. The van der Waals surface area contributed by atoms with Crippen molar-refractivity contribution in [2.24, 2.45) is 0 Å². The third-order valence-corrected chi connectivity index (χ3v) is 3.76. The van der Waals surface area contributed by atoms with Gasteiger partial charge in [-0.2, -0.15) is 0 Å². The molecule has 0 saturated carbocycles. The first-order valence-corrected chi connectivity index (χ1v) is 7.30. The van der Waals surface area contributed by atoms with E-state index in [0.29, 0.717) is 13.0 Å². The molecule has 6 heteroatoms. The van der Waals surface area contributed by atoms with Crippen LogP contribution in [0.1, 0.15) is 31.2 Å². The first-order valence-electron chi connectivity index (χ1n) is 7.30. The van der Waals surface area contributed by atoms with Gasteiger partial charge in [-0.3, -0.25) is 4.79 Å². The van der Waals surface area contributed by atoms with Gasteiger partial charge in [0.2, 0.25) is 5.91 Å². The summed E-state index contributed by atoms with van der Waals surface area (Å²) in [5.74, 6) is 0.00422. The Morgan fingerprint density at radius 3 is 2.95 bits per heavy atom. The molecule has 2 heterocycles. The fourth-order valence-corrected chi connectivity index (χ4v) is 2.64. The maximum atomic E-state index is 11.9. The van der Waals surface area contributed by atoms with Crippen molar-refractivity contribution in [1.29, 1.82) is 0 Å². The van der Waals surface area contributed by atoms with Crippen molar-refractivity contribution in [1.82, 2.24) is 15.3 Å². The van der Waals surface area contributed by atoms with Crippen molar-refractivity contribution < 1.29 is 9.53 Å². The molecular weight excluding hydrogens is 270 g/mol. The summed E-state index contributed by atoms with van der Waals surface area (Å²) in [6, 6.07) is 5.59. The number of benzene rings is 1. The molecule has 1 fully saturated rings. The smallest absolute Gasteiger partial charge is 0.323 e. The summed E-state index contributed by atoms with van der Waals surface area (Å²) in [5.41, 5.74) is 2.25. The van der Waals surface area contributed by atoms with Gasteiger partial charge in [0.05, 0.1) is 23.6 Å². The van der Waals surface area contributed by atoms with Gasteiger partial charge in [0.25, 0.3) is 0 Å². The second-order valence-electron chi connectivity index (χ2n) is 5.43. The molecule has 1 unspecified atom stereocenters. The number of nitrogens with one attached hydrogen (secondary N) is 3. The van der Waals surface area contributed by atoms with E-state index in [4.69, 9.17) is 4.74 Å². The Labute approximate surface area is 121 Å². The summed E-state index contributed by atoms with van der Waals surface area (Å²) in [6.45, 7) is 1.21. The van der Waals surface area contributed by atoms with Crippen LogP contribution in [0.25, 0.3) is 11.0 Å². The van der Waals surface area contributed by atoms with Crippen molar-refractivity contribution >= 4 is 16.9 Å². The van der Waals surface area contributed by atoms with Crippen LogP contribution in [0.2, 0.25) is 0 Å². The van der Waals surface area contributed by atoms with E-state index in [-0.39, 0.29) is 17.7 Å². The molecule has 2 aromatic rings. The molecule has 0 aliphatic carbocycles. The summed E-state index contributed by atoms with van der Waals surface area (Å²) in [4.78, 5) is 28.5. The normalized spacial score (nSPS) is 18.8. The van der Waals surface area contributed by atoms with Crippen LogP contribution >= 0.6 is 0 Å². The van der Waals surface area contributed by atoms with Gasteiger partial charge in [-0.25, -0.2) is 4.79 Å². The van der Waals surface area contributed by atoms with Crippen LogP contribution in [-0.4, -0.2) is 28.6 Å². The van der Waals surface area contributed by atoms with Crippen LogP contribution in [-0.2, 0) is 16.1 Å². The summed E-state index contributed by atoms with van der Waals surface area (Å²) < 4.78 is 5.56. The average molecular weight is 289 g/mol. The minimum atomic E-state index is -0.222. The number of H-pyrrole nitrogens is 2. The van der Waals surface area contributed by atoms with Crippen LogP contribution in [0.3, 0.4) is 0 Å². The highest BCUT2D eigenvalue weighted by atomic mass is 16.5. The van der Waals surface area contributed by atoms with Crippen molar-refractivity contribution in [2.45, 2.75) is 38.3 Å². The van der Waals surface area contributed by atoms with Gasteiger partial charge in [0.1, 0.15) is 0 Å². The lowest BCUT2D eigenvalue weighted by Gasteiger charge is -2.21. The number of carbonyl (C=O) groups is 1. The highest BCUT2D eigenvalue weighted by Crippen LogP contribution is 2.15. The summed E-state index contributed by atoms with van der Waals surface area (Å²) in [7, 11) is 0. The third kappa shape index (κ3) is 3.52. The minimum Gasteiger partial charge on any atom is -0.378 e. The van der Waals surface area contributed by atoms with Gasteiger partial charge in [-0.15, -0.1) is 0 Å². The van der Waals surface area contributed by atoms with E-state index in [2.05, 4.69) is 15.3 Å². The Kier molecular flexibility index (Phi) is 4.06. The molecule has 112 valence electrons. The molecule has 1 atom stereocenters. The first-order chi connectivity index (χ1) is 10.2. The van der Waals surface area contributed by atoms with Crippen molar-refractivity contribution in [3.63, 3.8) is 0 Å². The lowest BCUT2D eigenvalue weighted by molar-refractivity contribution is -0.125. The average Bonchev–Trinajstić information content (AvgIpc) is 2.85. The largest absolute Gasteiger partial charge is 0.378 e. The van der Waals surface area contributed by atoms with E-state index in [9.17, 15) is 9.59 Å². The zero-order valence-electron chi connectivity index (χ0n) is 11.8. The fourth-order valence-electron chi connectivity index (χ4n) is 2.64. The molecule has 1 aliphatic heterocycles. The van der Waals surface area contributed by atoms with Gasteiger partial charge in [-0.05, 0) is 37.0 Å². The van der Waals surface area contributed by atoms with E-state index in [1.165, 1.54) is 0 Å². The number of aromatic nitrogens is 2. The highest BCUT2D eigenvalue weighted by Gasteiger charge is 2.17. The number of hydrogen-bond donors (Lipinski definition) is 3. The van der Waals surface area contributed by atoms with Crippen molar-refractivity contribution in [3.8, 4) is 0 Å². The maximum absolute atomic E-state index is 11.9. The Morgan fingerprint density at radius 1 is 1.29 bits per heavy atom. The van der Waals surface area contributed by atoms with Crippen LogP contribution < -0.4 is 11.0 Å². The summed E-state index contributed by atoms with van der Waals surface area (Å²) in [5, 5.41) is 2.90. The predicted molar refractivity (Wildman–Crippen MR) is 79.0 cm³/mol. The molecule has 1 saturated heterocycles. The topological polar surface area (TPSA) is 87.0 Å². The molecule has 3 rings (SSSR count). The third-order valence-electron chi connectivity index (χ3n) is 3.76. The molecule has 0 bridgehead atoms. The number of amides is 1. The standard InChI is InChI=1S/C15H19N3O3/c19-14(8-11-3-1-2-6-21-11)16-9-10-4-5-12-13(7-10)18-15(20)17-12/h4-5,7,11H,1-3,6,8-9H2,(H,16,19)(H2,17,18,20). The number of ether oxygens (including phenoxy) is 1. The Bertz CT molecular complexity index is 683. The van der Waals surface area contributed by atoms with Gasteiger partial charge in [0, 0.05) is 13.2 Å². The van der Waals surface area contributed by atoms with Gasteiger partial charge >= 0.3 is 5.69 Å². The fraction of sp³-hybridized carbons (Fsp3) is 0.467. The van der Waals surface area contributed by atoms with Crippen LogP contribution in [0.4, 0.5) is 0 Å². The molecule has 0 spiro atoms. The SMILES string of the molecule is O=C(CC1CCCCO1)NCc1ccc2[nH]c(=O)[nH]c2c1. The number of imidazole rings is 1. The van der Waals surface area contributed by atoms with Gasteiger partial charge in [0.15, 0.2) is 0 Å². The number of fused-ring (bicyclic) bond motifs is 1. The second-order valence-corrected chi connectivity index (χ2v) is 5.43. The quantitative estimate of drug-likeness (QED) is 0.795. The van der Waals surface area contributed by atoms with Crippen LogP contribution in [0, 0.1) is 0 Å². The van der Waals surface area contributed by atoms with E-state index in [0.717, 1.165) is 42.5 Å². The zero-order chi connectivity index (χ0) is 14.7. The van der Waals surface area contributed by atoms with E-state index in [1.807, 2.05) is 18.2 Å². The predicted octanol–water partition coefficient (Wildman–Crippen LogP) is 1.43. The molecule has 6 nitrogen and oxygen atoms in total. The van der Waals surface area contributed by atoms with Crippen LogP contribution in [0.15, 0.2) is 23.0 Å². The van der Waals surface area contributed by atoms with Gasteiger partial charge in [-0.1, -0.05) is 6.07 Å².